The van der Waals surface area contributed by atoms with Crippen molar-refractivity contribution in [3.63, 3.8) is 0 Å². The standard InChI is InChI=1S/C13H14N2O3/c1-2-8-3-5-9(6-4-8)12-10(7-11(16)17)13(18)15-14-12/h3-6H,2,7H2,1H3,(H,16,17)(H2,14,15,18). The van der Waals surface area contributed by atoms with E-state index in [1.54, 1.807) is 0 Å². The van der Waals surface area contributed by atoms with E-state index in [0.29, 0.717) is 5.69 Å². The number of hydrogen-bond acceptors (Lipinski definition) is 2. The summed E-state index contributed by atoms with van der Waals surface area (Å²) in [6.07, 6.45) is 0.648. The van der Waals surface area contributed by atoms with Crippen LogP contribution in [0.15, 0.2) is 29.1 Å². The van der Waals surface area contributed by atoms with Gasteiger partial charge in [0.1, 0.15) is 0 Å². The second-order valence-corrected chi connectivity index (χ2v) is 4.05. The van der Waals surface area contributed by atoms with Gasteiger partial charge in [-0.05, 0) is 17.5 Å². The minimum absolute atomic E-state index is 0.256. The highest BCUT2D eigenvalue weighted by atomic mass is 16.4. The third-order valence-corrected chi connectivity index (χ3v) is 2.86. The highest BCUT2D eigenvalue weighted by molar-refractivity contribution is 5.74. The Kier molecular flexibility index (Phi) is 3.32. The number of nitrogens with one attached hydrogen (secondary N) is 2. The van der Waals surface area contributed by atoms with Crippen LogP contribution in [0.2, 0.25) is 0 Å². The monoisotopic (exact) mass is 246 g/mol. The molecule has 0 radical (unpaired) electrons. The third-order valence-electron chi connectivity index (χ3n) is 2.86. The smallest absolute Gasteiger partial charge is 0.308 e. The summed E-state index contributed by atoms with van der Waals surface area (Å²) >= 11 is 0. The van der Waals surface area contributed by atoms with Crippen LogP contribution in [0.3, 0.4) is 0 Å². The molecule has 94 valence electrons. The fourth-order valence-corrected chi connectivity index (χ4v) is 1.86. The van der Waals surface area contributed by atoms with Crippen LogP contribution in [0.25, 0.3) is 11.3 Å². The number of aromatic amines is 2. The first-order chi connectivity index (χ1) is 8.61. The molecule has 5 heteroatoms. The zero-order valence-electron chi connectivity index (χ0n) is 9.99. The molecule has 0 bridgehead atoms. The van der Waals surface area contributed by atoms with E-state index in [1.165, 1.54) is 5.56 Å². The summed E-state index contributed by atoms with van der Waals surface area (Å²) in [5, 5.41) is 14.0. The van der Waals surface area contributed by atoms with E-state index >= 15 is 0 Å². The lowest BCUT2D eigenvalue weighted by Gasteiger charge is -2.02. The van der Waals surface area contributed by atoms with Gasteiger partial charge in [-0.1, -0.05) is 31.2 Å². The summed E-state index contributed by atoms with van der Waals surface area (Å²) in [6, 6.07) is 7.68. The fourth-order valence-electron chi connectivity index (χ4n) is 1.86. The van der Waals surface area contributed by atoms with Crippen LogP contribution in [0.1, 0.15) is 18.1 Å². The number of aromatic nitrogens is 2. The second-order valence-electron chi connectivity index (χ2n) is 4.05. The SMILES string of the molecule is CCc1ccc(-c2[nH][nH]c(=O)c2CC(=O)O)cc1. The van der Waals surface area contributed by atoms with Crippen molar-refractivity contribution in [2.24, 2.45) is 0 Å². The van der Waals surface area contributed by atoms with E-state index in [4.69, 9.17) is 5.11 Å². The molecule has 1 aromatic carbocycles. The van der Waals surface area contributed by atoms with Gasteiger partial charge in [0.15, 0.2) is 0 Å². The molecule has 1 aromatic heterocycles. The van der Waals surface area contributed by atoms with Gasteiger partial charge in [0, 0.05) is 0 Å². The van der Waals surface area contributed by atoms with Crippen molar-refractivity contribution in [3.05, 3.63) is 45.7 Å². The Morgan fingerprint density at radius 1 is 1.22 bits per heavy atom. The Morgan fingerprint density at radius 2 is 1.89 bits per heavy atom. The first-order valence-electron chi connectivity index (χ1n) is 5.72. The zero-order chi connectivity index (χ0) is 13.1. The van der Waals surface area contributed by atoms with Gasteiger partial charge in [0.2, 0.25) is 0 Å². The van der Waals surface area contributed by atoms with Crippen molar-refractivity contribution in [2.75, 3.05) is 0 Å². The number of H-pyrrole nitrogens is 2. The predicted octanol–water partition coefficient (Wildman–Crippen LogP) is 1.56. The lowest BCUT2D eigenvalue weighted by Crippen LogP contribution is -2.11. The molecular formula is C13H14N2O3. The van der Waals surface area contributed by atoms with Crippen molar-refractivity contribution in [3.8, 4) is 11.3 Å². The molecule has 2 aromatic rings. The molecule has 1 heterocycles. The highest BCUT2D eigenvalue weighted by Crippen LogP contribution is 2.20. The summed E-state index contributed by atoms with van der Waals surface area (Å²) in [5.74, 6) is -1.02. The first-order valence-corrected chi connectivity index (χ1v) is 5.72. The molecule has 0 fully saturated rings. The maximum atomic E-state index is 11.5. The highest BCUT2D eigenvalue weighted by Gasteiger charge is 2.14. The maximum Gasteiger partial charge on any atom is 0.308 e. The van der Waals surface area contributed by atoms with Crippen LogP contribution in [0, 0.1) is 0 Å². The minimum atomic E-state index is -1.02. The normalized spacial score (nSPS) is 10.5. The van der Waals surface area contributed by atoms with Crippen molar-refractivity contribution in [2.45, 2.75) is 19.8 Å². The molecule has 0 aliphatic rings. The Labute approximate surface area is 103 Å². The van der Waals surface area contributed by atoms with Gasteiger partial charge >= 0.3 is 5.97 Å². The molecule has 0 saturated heterocycles. The van der Waals surface area contributed by atoms with Crippen LogP contribution in [-0.4, -0.2) is 21.3 Å². The van der Waals surface area contributed by atoms with Gasteiger partial charge in [0.25, 0.3) is 5.56 Å². The molecule has 0 aliphatic carbocycles. The first kappa shape index (κ1) is 12.2. The summed E-state index contributed by atoms with van der Waals surface area (Å²) in [6.45, 7) is 2.06. The van der Waals surface area contributed by atoms with Gasteiger partial charge in [0.05, 0.1) is 17.7 Å². The summed E-state index contributed by atoms with van der Waals surface area (Å²) < 4.78 is 0. The Balaban J connectivity index is 2.43. The predicted molar refractivity (Wildman–Crippen MR) is 67.6 cm³/mol. The summed E-state index contributed by atoms with van der Waals surface area (Å²) in [4.78, 5) is 22.3. The van der Waals surface area contributed by atoms with Gasteiger partial charge in [-0.15, -0.1) is 0 Å². The molecule has 18 heavy (non-hydrogen) atoms. The lowest BCUT2D eigenvalue weighted by atomic mass is 10.0. The van der Waals surface area contributed by atoms with E-state index in [0.717, 1.165) is 12.0 Å². The van der Waals surface area contributed by atoms with E-state index < -0.39 is 5.97 Å². The Bertz CT molecular complexity index is 608. The number of hydrogen-bond donors (Lipinski definition) is 3. The Hall–Kier alpha value is -2.30. The minimum Gasteiger partial charge on any atom is -0.481 e. The van der Waals surface area contributed by atoms with E-state index in [1.807, 2.05) is 24.3 Å². The number of carboxylic acids is 1. The molecule has 0 aliphatic heterocycles. The van der Waals surface area contributed by atoms with Crippen LogP contribution in [-0.2, 0) is 17.6 Å². The molecule has 0 spiro atoms. The number of rotatable bonds is 4. The maximum absolute atomic E-state index is 11.5. The summed E-state index contributed by atoms with van der Waals surface area (Å²) in [7, 11) is 0. The van der Waals surface area contributed by atoms with Crippen LogP contribution in [0.5, 0.6) is 0 Å². The summed E-state index contributed by atoms with van der Waals surface area (Å²) in [5.41, 5.74) is 2.42. The van der Waals surface area contributed by atoms with E-state index in [-0.39, 0.29) is 17.5 Å². The quantitative estimate of drug-likeness (QED) is 0.765. The number of carboxylic acid groups (broad SMARTS) is 1. The molecule has 5 nitrogen and oxygen atoms in total. The molecule has 0 saturated carbocycles. The van der Waals surface area contributed by atoms with Crippen molar-refractivity contribution < 1.29 is 9.90 Å². The molecule has 3 N–H and O–H groups in total. The van der Waals surface area contributed by atoms with Gasteiger partial charge in [-0.25, -0.2) is 0 Å². The largest absolute Gasteiger partial charge is 0.481 e. The Morgan fingerprint density at radius 3 is 2.44 bits per heavy atom. The average molecular weight is 246 g/mol. The lowest BCUT2D eigenvalue weighted by molar-refractivity contribution is -0.136. The van der Waals surface area contributed by atoms with Gasteiger partial charge < -0.3 is 5.11 Å². The molecule has 0 amide bonds. The van der Waals surface area contributed by atoms with Crippen LogP contribution < -0.4 is 5.56 Å². The number of aliphatic carboxylic acids is 1. The van der Waals surface area contributed by atoms with E-state index in [2.05, 4.69) is 17.1 Å². The molecule has 0 atom stereocenters. The fraction of sp³-hybridized carbons (Fsp3) is 0.231. The van der Waals surface area contributed by atoms with E-state index in [9.17, 15) is 9.59 Å². The topological polar surface area (TPSA) is 86.0 Å². The van der Waals surface area contributed by atoms with Gasteiger partial charge in [-0.2, -0.15) is 0 Å². The molecule has 2 rings (SSSR count). The number of carbonyl (C=O) groups is 1. The molecular weight excluding hydrogens is 232 g/mol. The second kappa shape index (κ2) is 4.91. The van der Waals surface area contributed by atoms with Crippen molar-refractivity contribution in [1.82, 2.24) is 10.2 Å². The average Bonchev–Trinajstić information content (AvgIpc) is 2.71. The third kappa shape index (κ3) is 2.34. The van der Waals surface area contributed by atoms with Gasteiger partial charge in [-0.3, -0.25) is 19.8 Å². The van der Waals surface area contributed by atoms with Crippen LogP contribution >= 0.6 is 0 Å². The zero-order valence-corrected chi connectivity index (χ0v) is 9.99. The van der Waals surface area contributed by atoms with Crippen molar-refractivity contribution in [1.29, 1.82) is 0 Å². The number of benzene rings is 1. The van der Waals surface area contributed by atoms with Crippen molar-refractivity contribution >= 4 is 5.97 Å². The molecule has 0 unspecified atom stereocenters. The van der Waals surface area contributed by atoms with Crippen LogP contribution in [0.4, 0.5) is 0 Å². The number of aryl methyl sites for hydroxylation is 1.